The van der Waals surface area contributed by atoms with Crippen molar-refractivity contribution in [2.45, 2.75) is 19.6 Å². The van der Waals surface area contributed by atoms with Crippen molar-refractivity contribution >= 4 is 5.97 Å². The Labute approximate surface area is 76.3 Å². The van der Waals surface area contributed by atoms with Gasteiger partial charge in [0.1, 0.15) is 11.3 Å². The van der Waals surface area contributed by atoms with Gasteiger partial charge in [0, 0.05) is 6.42 Å². The Hall–Kier alpha value is -1.51. The molecule has 0 radical (unpaired) electrons. The van der Waals surface area contributed by atoms with E-state index in [1.54, 1.807) is 18.2 Å². The van der Waals surface area contributed by atoms with Crippen molar-refractivity contribution in [1.29, 1.82) is 0 Å². The van der Waals surface area contributed by atoms with Gasteiger partial charge in [0.05, 0.1) is 0 Å². The molecule has 1 heterocycles. The second-order valence-corrected chi connectivity index (χ2v) is 2.86. The summed E-state index contributed by atoms with van der Waals surface area (Å²) < 4.78 is 10.4. The lowest BCUT2D eigenvalue weighted by Crippen LogP contribution is -2.29. The normalized spacial score (nSPS) is 20.1. The first-order chi connectivity index (χ1) is 6.31. The summed E-state index contributed by atoms with van der Waals surface area (Å²) in [5, 5.41) is 0. The number of esters is 1. The van der Waals surface area contributed by atoms with E-state index in [-0.39, 0.29) is 5.97 Å². The van der Waals surface area contributed by atoms with Gasteiger partial charge >= 0.3 is 5.97 Å². The molecule has 1 unspecified atom stereocenters. The molecule has 1 atom stereocenters. The minimum atomic E-state index is -0.428. The van der Waals surface area contributed by atoms with E-state index in [4.69, 9.17) is 9.47 Å². The number of fused-ring (bicyclic) bond motifs is 1. The smallest absolute Gasteiger partial charge is 0.345 e. The van der Waals surface area contributed by atoms with E-state index in [0.29, 0.717) is 17.7 Å². The highest BCUT2D eigenvalue weighted by atomic mass is 16.7. The van der Waals surface area contributed by atoms with Crippen LogP contribution in [0.2, 0.25) is 0 Å². The highest BCUT2D eigenvalue weighted by Gasteiger charge is 2.25. The lowest BCUT2D eigenvalue weighted by atomic mass is 10.2. The standard InChI is InChI=1S/C10H10O3/c1-2-9-12-8-6-4-3-5-7(8)10(11)13-9/h3-6,9H,2H2,1H3. The minimum absolute atomic E-state index is 0.297. The Balaban J connectivity index is 2.37. The van der Waals surface area contributed by atoms with Crippen molar-refractivity contribution in [1.82, 2.24) is 0 Å². The Bertz CT molecular complexity index is 333. The molecule has 0 fully saturated rings. The number of rotatable bonds is 1. The van der Waals surface area contributed by atoms with Crippen LogP contribution in [-0.4, -0.2) is 12.3 Å². The number of cyclic esters (lactones) is 1. The van der Waals surface area contributed by atoms with Crippen molar-refractivity contribution in [3.8, 4) is 5.75 Å². The zero-order valence-electron chi connectivity index (χ0n) is 7.32. The quantitative estimate of drug-likeness (QED) is 0.617. The average molecular weight is 178 g/mol. The molecule has 1 aliphatic rings. The first kappa shape index (κ1) is 8.10. The summed E-state index contributed by atoms with van der Waals surface area (Å²) in [6, 6.07) is 7.10. The number of para-hydroxylation sites is 1. The van der Waals surface area contributed by atoms with Gasteiger partial charge in [-0.1, -0.05) is 19.1 Å². The van der Waals surface area contributed by atoms with Crippen LogP contribution in [0.5, 0.6) is 5.75 Å². The number of carbonyl (C=O) groups excluding carboxylic acids is 1. The molecule has 0 N–H and O–H groups in total. The Kier molecular flexibility index (Phi) is 1.93. The highest BCUT2D eigenvalue weighted by molar-refractivity contribution is 5.93. The van der Waals surface area contributed by atoms with Crippen LogP contribution in [-0.2, 0) is 4.74 Å². The average Bonchev–Trinajstić information content (AvgIpc) is 2.18. The molecule has 2 rings (SSSR count). The maximum Gasteiger partial charge on any atom is 0.345 e. The molecule has 3 nitrogen and oxygen atoms in total. The Morgan fingerprint density at radius 3 is 2.85 bits per heavy atom. The van der Waals surface area contributed by atoms with Gasteiger partial charge in [-0.3, -0.25) is 0 Å². The number of hydrogen-bond acceptors (Lipinski definition) is 3. The fourth-order valence-corrected chi connectivity index (χ4v) is 1.25. The van der Waals surface area contributed by atoms with E-state index < -0.39 is 6.29 Å². The first-order valence-corrected chi connectivity index (χ1v) is 4.28. The summed E-state index contributed by atoms with van der Waals surface area (Å²) in [5.74, 6) is 0.319. The predicted octanol–water partition coefficient (Wildman–Crippen LogP) is 1.97. The maximum atomic E-state index is 11.4. The van der Waals surface area contributed by atoms with E-state index in [2.05, 4.69) is 0 Å². The van der Waals surface area contributed by atoms with Gasteiger partial charge in [0.15, 0.2) is 0 Å². The Morgan fingerprint density at radius 1 is 1.31 bits per heavy atom. The third-order valence-corrected chi connectivity index (χ3v) is 1.94. The number of hydrogen-bond donors (Lipinski definition) is 0. The SMILES string of the molecule is CCC1OC(=O)c2ccccc2O1. The van der Waals surface area contributed by atoms with Gasteiger partial charge in [0.2, 0.25) is 6.29 Å². The molecular formula is C10H10O3. The summed E-state index contributed by atoms with van der Waals surface area (Å²) in [5.41, 5.74) is 0.507. The van der Waals surface area contributed by atoms with Crippen LogP contribution in [0.15, 0.2) is 24.3 Å². The van der Waals surface area contributed by atoms with Crippen LogP contribution in [0.4, 0.5) is 0 Å². The van der Waals surface area contributed by atoms with E-state index in [9.17, 15) is 4.79 Å². The highest BCUT2D eigenvalue weighted by Crippen LogP contribution is 2.26. The lowest BCUT2D eigenvalue weighted by Gasteiger charge is -2.24. The topological polar surface area (TPSA) is 35.5 Å². The number of benzene rings is 1. The van der Waals surface area contributed by atoms with E-state index >= 15 is 0 Å². The molecule has 1 aliphatic heterocycles. The summed E-state index contributed by atoms with van der Waals surface area (Å²) in [6.45, 7) is 1.91. The third-order valence-electron chi connectivity index (χ3n) is 1.94. The zero-order valence-corrected chi connectivity index (χ0v) is 7.32. The van der Waals surface area contributed by atoms with Gasteiger partial charge in [-0.05, 0) is 12.1 Å². The van der Waals surface area contributed by atoms with Gasteiger partial charge in [0.25, 0.3) is 0 Å². The molecule has 68 valence electrons. The monoisotopic (exact) mass is 178 g/mol. The molecule has 0 bridgehead atoms. The van der Waals surface area contributed by atoms with Crippen molar-refractivity contribution in [3.63, 3.8) is 0 Å². The van der Waals surface area contributed by atoms with Gasteiger partial charge in [-0.25, -0.2) is 4.79 Å². The van der Waals surface area contributed by atoms with Crippen LogP contribution in [0, 0.1) is 0 Å². The molecule has 0 spiro atoms. The fraction of sp³-hybridized carbons (Fsp3) is 0.300. The second-order valence-electron chi connectivity index (χ2n) is 2.86. The van der Waals surface area contributed by atoms with Crippen molar-refractivity contribution in [2.24, 2.45) is 0 Å². The van der Waals surface area contributed by atoms with Crippen LogP contribution >= 0.6 is 0 Å². The summed E-state index contributed by atoms with van der Waals surface area (Å²) in [6.07, 6.45) is 0.238. The van der Waals surface area contributed by atoms with E-state index in [1.165, 1.54) is 0 Å². The minimum Gasteiger partial charge on any atom is -0.454 e. The van der Waals surface area contributed by atoms with Gasteiger partial charge < -0.3 is 9.47 Å². The summed E-state index contributed by atoms with van der Waals surface area (Å²) >= 11 is 0. The van der Waals surface area contributed by atoms with Crippen LogP contribution in [0.25, 0.3) is 0 Å². The second kappa shape index (κ2) is 3.09. The zero-order chi connectivity index (χ0) is 9.26. The van der Waals surface area contributed by atoms with Crippen LogP contribution in [0.1, 0.15) is 23.7 Å². The molecule has 1 aromatic rings. The third kappa shape index (κ3) is 1.37. The molecular weight excluding hydrogens is 168 g/mol. The van der Waals surface area contributed by atoms with Gasteiger partial charge in [-0.2, -0.15) is 0 Å². The van der Waals surface area contributed by atoms with Gasteiger partial charge in [-0.15, -0.1) is 0 Å². The van der Waals surface area contributed by atoms with E-state index in [0.717, 1.165) is 0 Å². The molecule has 0 saturated heterocycles. The molecule has 0 saturated carbocycles. The first-order valence-electron chi connectivity index (χ1n) is 4.28. The Morgan fingerprint density at radius 2 is 2.08 bits per heavy atom. The molecule has 0 amide bonds. The summed E-state index contributed by atoms with van der Waals surface area (Å²) in [4.78, 5) is 11.4. The predicted molar refractivity (Wildman–Crippen MR) is 46.6 cm³/mol. The van der Waals surface area contributed by atoms with Crippen molar-refractivity contribution < 1.29 is 14.3 Å². The van der Waals surface area contributed by atoms with Crippen LogP contribution in [0.3, 0.4) is 0 Å². The lowest BCUT2D eigenvalue weighted by molar-refractivity contribution is -0.0611. The van der Waals surface area contributed by atoms with Crippen molar-refractivity contribution in [2.75, 3.05) is 0 Å². The maximum absolute atomic E-state index is 11.4. The molecule has 1 aromatic carbocycles. The molecule has 3 heteroatoms. The van der Waals surface area contributed by atoms with Crippen molar-refractivity contribution in [3.05, 3.63) is 29.8 Å². The fourth-order valence-electron chi connectivity index (χ4n) is 1.25. The number of carbonyl (C=O) groups is 1. The largest absolute Gasteiger partial charge is 0.454 e. The van der Waals surface area contributed by atoms with Crippen LogP contribution < -0.4 is 4.74 Å². The molecule has 0 aliphatic carbocycles. The molecule has 13 heavy (non-hydrogen) atoms. The summed E-state index contributed by atoms with van der Waals surface area (Å²) in [7, 11) is 0. The molecule has 0 aromatic heterocycles. The van der Waals surface area contributed by atoms with E-state index in [1.807, 2.05) is 13.0 Å². The number of ether oxygens (including phenoxy) is 2.